The molecule has 5 heteroatoms. The van der Waals surface area contributed by atoms with Gasteiger partial charge in [-0.15, -0.1) is 0 Å². The van der Waals surface area contributed by atoms with Gasteiger partial charge in [0.1, 0.15) is 10.0 Å². The summed E-state index contributed by atoms with van der Waals surface area (Å²) in [6, 6.07) is 3.61. The molecule has 15 heavy (non-hydrogen) atoms. The number of ether oxygens (including phenoxy) is 1. The first kappa shape index (κ1) is 10.4. The maximum absolute atomic E-state index is 11.4. The summed E-state index contributed by atoms with van der Waals surface area (Å²) in [7, 11) is 0. The molecule has 0 saturated carbocycles. The lowest BCUT2D eigenvalue weighted by Crippen LogP contribution is -2.05. The molecule has 0 N–H and O–H groups in total. The summed E-state index contributed by atoms with van der Waals surface area (Å²) in [6.07, 6.45) is 3.41. The zero-order valence-electron chi connectivity index (χ0n) is 8.11. The molecular formula is C10H9IN2O2. The van der Waals surface area contributed by atoms with Crippen molar-refractivity contribution in [1.82, 2.24) is 9.38 Å². The minimum atomic E-state index is -0.303. The smallest absolute Gasteiger partial charge is 0.339 e. The van der Waals surface area contributed by atoms with Crippen LogP contribution >= 0.6 is 22.6 Å². The van der Waals surface area contributed by atoms with E-state index in [0.717, 1.165) is 9.22 Å². The van der Waals surface area contributed by atoms with E-state index >= 15 is 0 Å². The molecule has 0 aliphatic carbocycles. The maximum atomic E-state index is 11.4. The highest BCUT2D eigenvalue weighted by Gasteiger charge is 2.08. The molecule has 0 bridgehead atoms. The summed E-state index contributed by atoms with van der Waals surface area (Å²) in [5.74, 6) is -0.303. The van der Waals surface area contributed by atoms with Crippen LogP contribution < -0.4 is 0 Å². The van der Waals surface area contributed by atoms with Crippen LogP contribution in [-0.4, -0.2) is 22.0 Å². The van der Waals surface area contributed by atoms with Crippen LogP contribution in [-0.2, 0) is 4.74 Å². The predicted octanol–water partition coefficient (Wildman–Crippen LogP) is 2.12. The molecule has 2 aromatic rings. The number of aromatic nitrogens is 2. The highest BCUT2D eigenvalue weighted by molar-refractivity contribution is 14.1. The number of hydrogen-bond donors (Lipinski definition) is 0. The third-order valence-electron chi connectivity index (χ3n) is 2.00. The summed E-state index contributed by atoms with van der Waals surface area (Å²) in [6.45, 7) is 2.18. The number of imidazole rings is 1. The van der Waals surface area contributed by atoms with E-state index in [-0.39, 0.29) is 5.97 Å². The zero-order chi connectivity index (χ0) is 10.8. The minimum absolute atomic E-state index is 0.303. The highest BCUT2D eigenvalue weighted by Crippen LogP contribution is 2.13. The van der Waals surface area contributed by atoms with Crippen LogP contribution in [0.5, 0.6) is 0 Å². The van der Waals surface area contributed by atoms with Gasteiger partial charge >= 0.3 is 5.97 Å². The van der Waals surface area contributed by atoms with Gasteiger partial charge in [-0.05, 0) is 41.6 Å². The number of carbonyl (C=O) groups is 1. The Kier molecular flexibility index (Phi) is 2.90. The van der Waals surface area contributed by atoms with Crippen molar-refractivity contribution < 1.29 is 9.53 Å². The second-order valence-electron chi connectivity index (χ2n) is 2.97. The third-order valence-corrected chi connectivity index (χ3v) is 2.83. The second-order valence-corrected chi connectivity index (χ2v) is 3.99. The van der Waals surface area contributed by atoms with Crippen LogP contribution in [0.25, 0.3) is 5.52 Å². The van der Waals surface area contributed by atoms with Gasteiger partial charge in [0.15, 0.2) is 0 Å². The third kappa shape index (κ3) is 1.97. The number of pyridine rings is 1. The quantitative estimate of drug-likeness (QED) is 0.630. The van der Waals surface area contributed by atoms with Gasteiger partial charge < -0.3 is 9.14 Å². The molecule has 78 valence electrons. The van der Waals surface area contributed by atoms with Crippen LogP contribution in [0, 0.1) is 3.70 Å². The Labute approximate surface area is 100 Å². The zero-order valence-corrected chi connectivity index (χ0v) is 10.3. The molecule has 2 rings (SSSR count). The number of nitrogens with zero attached hydrogens (tertiary/aromatic N) is 2. The summed E-state index contributed by atoms with van der Waals surface area (Å²) < 4.78 is 7.64. The van der Waals surface area contributed by atoms with E-state index in [9.17, 15) is 4.79 Å². The van der Waals surface area contributed by atoms with Gasteiger partial charge in [0.05, 0.1) is 17.7 Å². The van der Waals surface area contributed by atoms with Crippen LogP contribution in [0.15, 0.2) is 24.7 Å². The Bertz CT molecular complexity index is 507. The largest absolute Gasteiger partial charge is 0.462 e. The standard InChI is InChI=1S/C10H9IN2O2/c1-2-15-10(14)7-3-4-8-9(11)12-6-13(8)5-7/h3-6H,2H2,1H3. The van der Waals surface area contributed by atoms with Crippen molar-refractivity contribution in [1.29, 1.82) is 0 Å². The van der Waals surface area contributed by atoms with E-state index in [4.69, 9.17) is 4.74 Å². The molecule has 4 nitrogen and oxygen atoms in total. The van der Waals surface area contributed by atoms with Gasteiger partial charge in [0, 0.05) is 6.20 Å². The first-order chi connectivity index (χ1) is 7.22. The average molecular weight is 316 g/mol. The summed E-state index contributed by atoms with van der Waals surface area (Å²) in [5.41, 5.74) is 1.53. The van der Waals surface area contributed by atoms with Crippen molar-refractivity contribution in [3.8, 4) is 0 Å². The number of fused-ring (bicyclic) bond motifs is 1. The molecule has 0 spiro atoms. The lowest BCUT2D eigenvalue weighted by atomic mass is 10.3. The van der Waals surface area contributed by atoms with E-state index in [1.54, 1.807) is 25.5 Å². The van der Waals surface area contributed by atoms with Gasteiger partial charge in [0.2, 0.25) is 0 Å². The number of carbonyl (C=O) groups excluding carboxylic acids is 1. The molecule has 0 aliphatic heterocycles. The Hall–Kier alpha value is -1.11. The second kappa shape index (κ2) is 4.18. The van der Waals surface area contributed by atoms with Crippen molar-refractivity contribution in [3.63, 3.8) is 0 Å². The van der Waals surface area contributed by atoms with Gasteiger partial charge in [0.25, 0.3) is 0 Å². The molecule has 0 aromatic carbocycles. The monoisotopic (exact) mass is 316 g/mol. The Morgan fingerprint density at radius 1 is 1.60 bits per heavy atom. The van der Waals surface area contributed by atoms with E-state index in [0.29, 0.717) is 12.2 Å². The first-order valence-electron chi connectivity index (χ1n) is 4.51. The molecule has 0 unspecified atom stereocenters. The molecule has 0 aliphatic rings. The fourth-order valence-electron chi connectivity index (χ4n) is 1.30. The molecule has 0 amide bonds. The van der Waals surface area contributed by atoms with Crippen molar-refractivity contribution in [2.24, 2.45) is 0 Å². The lowest BCUT2D eigenvalue weighted by molar-refractivity contribution is 0.0526. The van der Waals surface area contributed by atoms with E-state index in [2.05, 4.69) is 27.6 Å². The van der Waals surface area contributed by atoms with Crippen molar-refractivity contribution >= 4 is 34.1 Å². The molecular weight excluding hydrogens is 307 g/mol. The number of hydrogen-bond acceptors (Lipinski definition) is 3. The SMILES string of the molecule is CCOC(=O)c1ccc2c(I)ncn2c1. The Morgan fingerprint density at radius 2 is 2.40 bits per heavy atom. The highest BCUT2D eigenvalue weighted by atomic mass is 127. The normalized spacial score (nSPS) is 10.5. The van der Waals surface area contributed by atoms with Crippen molar-refractivity contribution in [3.05, 3.63) is 33.9 Å². The van der Waals surface area contributed by atoms with E-state index in [1.165, 1.54) is 0 Å². The number of esters is 1. The van der Waals surface area contributed by atoms with Gasteiger partial charge in [-0.2, -0.15) is 0 Å². The van der Waals surface area contributed by atoms with E-state index in [1.807, 2.05) is 10.5 Å². The molecule has 0 radical (unpaired) electrons. The first-order valence-corrected chi connectivity index (χ1v) is 5.59. The molecule has 2 aromatic heterocycles. The lowest BCUT2D eigenvalue weighted by Gasteiger charge is -2.02. The topological polar surface area (TPSA) is 43.6 Å². The van der Waals surface area contributed by atoms with Crippen LogP contribution in [0.1, 0.15) is 17.3 Å². The maximum Gasteiger partial charge on any atom is 0.339 e. The van der Waals surface area contributed by atoms with Crippen LogP contribution in [0.4, 0.5) is 0 Å². The Balaban J connectivity index is 2.43. The summed E-state index contributed by atoms with van der Waals surface area (Å²) in [5, 5.41) is 0. The molecule has 2 heterocycles. The molecule has 0 fully saturated rings. The van der Waals surface area contributed by atoms with Gasteiger partial charge in [-0.3, -0.25) is 0 Å². The van der Waals surface area contributed by atoms with Crippen molar-refractivity contribution in [2.75, 3.05) is 6.61 Å². The summed E-state index contributed by atoms with van der Waals surface area (Å²) in [4.78, 5) is 15.6. The van der Waals surface area contributed by atoms with E-state index < -0.39 is 0 Å². The minimum Gasteiger partial charge on any atom is -0.462 e. The van der Waals surface area contributed by atoms with Crippen LogP contribution in [0.2, 0.25) is 0 Å². The molecule has 0 saturated heterocycles. The number of halogens is 1. The van der Waals surface area contributed by atoms with Gasteiger partial charge in [-0.1, -0.05) is 0 Å². The fraction of sp³-hybridized carbons (Fsp3) is 0.200. The number of rotatable bonds is 2. The Morgan fingerprint density at radius 3 is 3.13 bits per heavy atom. The van der Waals surface area contributed by atoms with Crippen molar-refractivity contribution in [2.45, 2.75) is 6.92 Å². The fourth-order valence-corrected chi connectivity index (χ4v) is 1.89. The molecule has 0 atom stereocenters. The van der Waals surface area contributed by atoms with Crippen LogP contribution in [0.3, 0.4) is 0 Å². The predicted molar refractivity (Wildman–Crippen MR) is 63.9 cm³/mol. The average Bonchev–Trinajstić information content (AvgIpc) is 2.60. The van der Waals surface area contributed by atoms with Gasteiger partial charge in [-0.25, -0.2) is 9.78 Å². The summed E-state index contributed by atoms with van der Waals surface area (Å²) >= 11 is 2.15.